The third-order valence-corrected chi connectivity index (χ3v) is 3.63. The maximum atomic E-state index is 12.2. The van der Waals surface area contributed by atoms with Crippen molar-refractivity contribution in [2.24, 2.45) is 0 Å². The molecule has 6 heteroatoms. The maximum absolute atomic E-state index is 12.2. The molecular formula is C18H18N4O2. The van der Waals surface area contributed by atoms with Gasteiger partial charge in [-0.2, -0.15) is 4.98 Å². The molecule has 0 aliphatic carbocycles. The Morgan fingerprint density at radius 3 is 2.79 bits per heavy atom. The number of aromatic nitrogens is 3. The number of hydrogen-bond acceptors (Lipinski definition) is 5. The lowest BCUT2D eigenvalue weighted by molar-refractivity contribution is 0.0894. The van der Waals surface area contributed by atoms with E-state index in [0.717, 1.165) is 12.8 Å². The quantitative estimate of drug-likeness (QED) is 0.754. The van der Waals surface area contributed by atoms with Gasteiger partial charge < -0.3 is 9.84 Å². The summed E-state index contributed by atoms with van der Waals surface area (Å²) in [4.78, 5) is 20.3. The minimum absolute atomic E-state index is 0.00597. The highest BCUT2D eigenvalue weighted by Gasteiger charge is 2.18. The molecule has 0 aliphatic heterocycles. The Morgan fingerprint density at radius 2 is 2.04 bits per heavy atom. The first-order valence-corrected chi connectivity index (χ1v) is 7.81. The van der Waals surface area contributed by atoms with E-state index in [1.54, 1.807) is 18.5 Å². The summed E-state index contributed by atoms with van der Waals surface area (Å²) in [5.41, 5.74) is 1.95. The topological polar surface area (TPSA) is 80.9 Å². The van der Waals surface area contributed by atoms with E-state index < -0.39 is 0 Å². The minimum atomic E-state index is -0.363. The van der Waals surface area contributed by atoms with Crippen LogP contribution in [0.2, 0.25) is 0 Å². The van der Waals surface area contributed by atoms with Crippen LogP contribution >= 0.6 is 0 Å². The molecule has 0 saturated carbocycles. The molecule has 0 aliphatic rings. The summed E-state index contributed by atoms with van der Waals surface area (Å²) in [6.07, 6.45) is 5.01. The van der Waals surface area contributed by atoms with E-state index in [-0.39, 0.29) is 17.8 Å². The van der Waals surface area contributed by atoms with Gasteiger partial charge in [-0.05, 0) is 37.5 Å². The number of nitrogens with one attached hydrogen (secondary N) is 1. The van der Waals surface area contributed by atoms with Crippen molar-refractivity contribution in [3.05, 3.63) is 66.3 Å². The zero-order valence-electron chi connectivity index (χ0n) is 13.3. The monoisotopic (exact) mass is 322 g/mol. The highest BCUT2D eigenvalue weighted by atomic mass is 16.5. The number of pyridine rings is 1. The molecule has 1 aromatic carbocycles. The van der Waals surface area contributed by atoms with Crippen molar-refractivity contribution in [3.8, 4) is 11.4 Å². The molecule has 0 radical (unpaired) electrons. The molecule has 2 heterocycles. The normalized spacial score (nSPS) is 11.9. The molecule has 2 aromatic heterocycles. The van der Waals surface area contributed by atoms with E-state index in [1.165, 1.54) is 5.56 Å². The highest BCUT2D eigenvalue weighted by molar-refractivity contribution is 5.90. The Kier molecular flexibility index (Phi) is 4.96. The number of benzene rings is 1. The number of amides is 1. The predicted octanol–water partition coefficient (Wildman–Crippen LogP) is 2.88. The average Bonchev–Trinajstić information content (AvgIpc) is 3.12. The zero-order valence-corrected chi connectivity index (χ0v) is 13.3. The van der Waals surface area contributed by atoms with Crippen LogP contribution in [0.1, 0.15) is 29.6 Å². The Bertz CT molecular complexity index is 787. The molecule has 1 unspecified atom stereocenters. The van der Waals surface area contributed by atoms with Gasteiger partial charge in [0.15, 0.2) is 0 Å². The Hall–Kier alpha value is -3.02. The second kappa shape index (κ2) is 7.50. The van der Waals surface area contributed by atoms with Crippen LogP contribution in [0.5, 0.6) is 0 Å². The van der Waals surface area contributed by atoms with Crippen molar-refractivity contribution in [2.45, 2.75) is 25.8 Å². The van der Waals surface area contributed by atoms with Gasteiger partial charge in [-0.15, -0.1) is 0 Å². The minimum Gasteiger partial charge on any atom is -0.345 e. The molecule has 122 valence electrons. The fourth-order valence-electron chi connectivity index (χ4n) is 2.31. The fraction of sp³-hybridized carbons (Fsp3) is 0.222. The van der Waals surface area contributed by atoms with Crippen LogP contribution in [-0.2, 0) is 6.42 Å². The molecule has 0 fully saturated rings. The Balaban J connectivity index is 1.56. The molecule has 0 spiro atoms. The van der Waals surface area contributed by atoms with Crippen LogP contribution < -0.4 is 5.32 Å². The predicted molar refractivity (Wildman–Crippen MR) is 89.2 cm³/mol. The van der Waals surface area contributed by atoms with Crippen molar-refractivity contribution in [1.82, 2.24) is 20.4 Å². The molecule has 24 heavy (non-hydrogen) atoms. The van der Waals surface area contributed by atoms with E-state index in [1.807, 2.05) is 31.2 Å². The largest absolute Gasteiger partial charge is 0.345 e. The number of rotatable bonds is 6. The van der Waals surface area contributed by atoms with E-state index in [0.29, 0.717) is 11.4 Å². The summed E-state index contributed by atoms with van der Waals surface area (Å²) in [6, 6.07) is 13.8. The summed E-state index contributed by atoms with van der Waals surface area (Å²) < 4.78 is 5.04. The first kappa shape index (κ1) is 15.9. The smallest absolute Gasteiger partial charge is 0.316 e. The van der Waals surface area contributed by atoms with E-state index >= 15 is 0 Å². The lowest BCUT2D eigenvalue weighted by Gasteiger charge is -2.12. The zero-order chi connectivity index (χ0) is 16.8. The van der Waals surface area contributed by atoms with Gasteiger partial charge in [-0.25, -0.2) is 0 Å². The van der Waals surface area contributed by atoms with Crippen LogP contribution in [0.25, 0.3) is 11.4 Å². The van der Waals surface area contributed by atoms with E-state index in [9.17, 15) is 4.79 Å². The third-order valence-electron chi connectivity index (χ3n) is 3.63. The number of aryl methyl sites for hydroxylation is 1. The van der Waals surface area contributed by atoms with Crippen LogP contribution in [0.3, 0.4) is 0 Å². The number of hydrogen-bond donors (Lipinski definition) is 1. The van der Waals surface area contributed by atoms with Gasteiger partial charge >= 0.3 is 11.8 Å². The standard InChI is InChI=1S/C18H18N4O2/c1-13(9-10-14-6-3-2-4-7-14)20-17(23)18-21-16(22-24-18)15-8-5-11-19-12-15/h2-8,11-13H,9-10H2,1H3,(H,20,23). The molecular weight excluding hydrogens is 304 g/mol. The van der Waals surface area contributed by atoms with Crippen molar-refractivity contribution in [3.63, 3.8) is 0 Å². The first-order chi connectivity index (χ1) is 11.7. The van der Waals surface area contributed by atoms with Gasteiger partial charge in [0.1, 0.15) is 0 Å². The maximum Gasteiger partial charge on any atom is 0.316 e. The van der Waals surface area contributed by atoms with Gasteiger partial charge in [0, 0.05) is 24.0 Å². The van der Waals surface area contributed by atoms with Gasteiger partial charge in [-0.3, -0.25) is 9.78 Å². The summed E-state index contributed by atoms with van der Waals surface area (Å²) in [7, 11) is 0. The first-order valence-electron chi connectivity index (χ1n) is 7.81. The molecule has 1 N–H and O–H groups in total. The third kappa shape index (κ3) is 4.04. The van der Waals surface area contributed by atoms with Gasteiger partial charge in [0.25, 0.3) is 0 Å². The van der Waals surface area contributed by atoms with Gasteiger partial charge in [0.05, 0.1) is 0 Å². The van der Waals surface area contributed by atoms with Crippen molar-refractivity contribution in [2.75, 3.05) is 0 Å². The van der Waals surface area contributed by atoms with Crippen LogP contribution in [0.4, 0.5) is 0 Å². The van der Waals surface area contributed by atoms with Crippen molar-refractivity contribution < 1.29 is 9.32 Å². The second-order valence-corrected chi connectivity index (χ2v) is 5.56. The number of carbonyl (C=O) groups is 1. The molecule has 3 aromatic rings. The van der Waals surface area contributed by atoms with Gasteiger partial charge in [-0.1, -0.05) is 35.5 Å². The summed E-state index contributed by atoms with van der Waals surface area (Å²) in [6.45, 7) is 1.96. The summed E-state index contributed by atoms with van der Waals surface area (Å²) in [5, 5.41) is 6.70. The van der Waals surface area contributed by atoms with E-state index in [2.05, 4.69) is 32.6 Å². The highest BCUT2D eigenvalue weighted by Crippen LogP contribution is 2.13. The van der Waals surface area contributed by atoms with Crippen LogP contribution in [-0.4, -0.2) is 27.1 Å². The average molecular weight is 322 g/mol. The molecule has 1 amide bonds. The van der Waals surface area contributed by atoms with E-state index in [4.69, 9.17) is 4.52 Å². The van der Waals surface area contributed by atoms with Crippen LogP contribution in [0, 0.1) is 0 Å². The molecule has 0 saturated heterocycles. The Morgan fingerprint density at radius 1 is 1.21 bits per heavy atom. The summed E-state index contributed by atoms with van der Waals surface area (Å²) >= 11 is 0. The molecule has 0 bridgehead atoms. The number of nitrogens with zero attached hydrogens (tertiary/aromatic N) is 3. The lowest BCUT2D eigenvalue weighted by atomic mass is 10.1. The SMILES string of the molecule is CC(CCc1ccccc1)NC(=O)c1nc(-c2cccnc2)no1. The fourth-order valence-corrected chi connectivity index (χ4v) is 2.31. The van der Waals surface area contributed by atoms with Crippen molar-refractivity contribution >= 4 is 5.91 Å². The summed E-state index contributed by atoms with van der Waals surface area (Å²) in [5.74, 6) is -0.0520. The van der Waals surface area contributed by atoms with Gasteiger partial charge in [0.2, 0.25) is 5.82 Å². The Labute approximate surface area is 139 Å². The molecule has 1 atom stereocenters. The second-order valence-electron chi connectivity index (χ2n) is 5.56. The molecule has 3 rings (SSSR count). The molecule has 6 nitrogen and oxygen atoms in total. The van der Waals surface area contributed by atoms with Crippen molar-refractivity contribution in [1.29, 1.82) is 0 Å². The van der Waals surface area contributed by atoms with Crippen LogP contribution in [0.15, 0.2) is 59.4 Å². The number of carbonyl (C=O) groups excluding carboxylic acids is 1. The lowest BCUT2D eigenvalue weighted by Crippen LogP contribution is -2.33.